The van der Waals surface area contributed by atoms with Gasteiger partial charge in [-0.15, -0.1) is 0 Å². The summed E-state index contributed by atoms with van der Waals surface area (Å²) in [6, 6.07) is 9.19. The number of piperidine rings is 1. The van der Waals surface area contributed by atoms with Gasteiger partial charge in [-0.3, -0.25) is 9.69 Å². The molecule has 124 valence electrons. The lowest BCUT2D eigenvalue weighted by Crippen LogP contribution is -2.47. The third-order valence-electron chi connectivity index (χ3n) is 4.15. The van der Waals surface area contributed by atoms with Crippen LogP contribution < -0.4 is 5.32 Å². The number of amides is 1. The first-order valence-electron chi connectivity index (χ1n) is 8.60. The smallest absolute Gasteiger partial charge is 0.296 e. The molecule has 23 heavy (non-hydrogen) atoms. The Morgan fingerprint density at radius 3 is 2.65 bits per heavy atom. The van der Waals surface area contributed by atoms with Gasteiger partial charge in [0.25, 0.3) is 5.91 Å². The summed E-state index contributed by atoms with van der Waals surface area (Å²) < 4.78 is 0. The van der Waals surface area contributed by atoms with E-state index in [0.717, 1.165) is 38.9 Å². The van der Waals surface area contributed by atoms with E-state index < -0.39 is 0 Å². The fourth-order valence-corrected chi connectivity index (χ4v) is 3.16. The molecule has 1 aromatic carbocycles. The third kappa shape index (κ3) is 6.08. The van der Waals surface area contributed by atoms with E-state index in [0.29, 0.717) is 5.92 Å². The Morgan fingerprint density at radius 1 is 1.30 bits per heavy atom. The molecule has 0 bridgehead atoms. The van der Waals surface area contributed by atoms with Crippen LogP contribution in [0.4, 0.5) is 0 Å². The number of nitrogens with zero attached hydrogens (tertiary/aromatic N) is 1. The van der Waals surface area contributed by atoms with Crippen LogP contribution in [0.25, 0.3) is 0 Å². The second-order valence-electron chi connectivity index (χ2n) is 6.84. The molecule has 1 N–H and O–H groups in total. The summed E-state index contributed by atoms with van der Waals surface area (Å²) in [5, 5.41) is 3.01. The summed E-state index contributed by atoms with van der Waals surface area (Å²) in [6.45, 7) is 9.14. The maximum absolute atomic E-state index is 11.6. The number of rotatable bonds is 5. The second kappa shape index (κ2) is 8.74. The number of hydrogen-bond acceptors (Lipinski definition) is 2. The highest BCUT2D eigenvalue weighted by molar-refractivity contribution is 5.93. The molecule has 0 aliphatic carbocycles. The van der Waals surface area contributed by atoms with Crippen molar-refractivity contribution in [3.63, 3.8) is 0 Å². The first kappa shape index (κ1) is 17.6. The molecule has 2 rings (SSSR count). The average Bonchev–Trinajstić information content (AvgIpc) is 2.49. The normalized spacial score (nSPS) is 18.3. The van der Waals surface area contributed by atoms with Gasteiger partial charge in [0.15, 0.2) is 0 Å². The van der Waals surface area contributed by atoms with Crippen molar-refractivity contribution in [2.45, 2.75) is 52.6 Å². The lowest BCUT2D eigenvalue weighted by Gasteiger charge is -2.32. The number of hydrogen-bond donors (Lipinski definition) is 1. The van der Waals surface area contributed by atoms with Crippen LogP contribution in [0.15, 0.2) is 24.3 Å². The summed E-state index contributed by atoms with van der Waals surface area (Å²) in [4.78, 5) is 14.0. The Morgan fingerprint density at radius 2 is 2.00 bits per heavy atom. The molecule has 1 saturated heterocycles. The first-order chi connectivity index (χ1) is 11.1. The maximum Gasteiger partial charge on any atom is 0.296 e. The molecule has 1 aromatic rings. The quantitative estimate of drug-likeness (QED) is 0.848. The number of nitrogens with one attached hydrogen (secondary N) is 1. The molecule has 1 aliphatic rings. The van der Waals surface area contributed by atoms with E-state index in [1.807, 2.05) is 0 Å². The van der Waals surface area contributed by atoms with Crippen molar-refractivity contribution in [2.24, 2.45) is 5.92 Å². The minimum absolute atomic E-state index is 0.155. The SMILES string of the molecule is CC#CC(=O)NC1CCCN(Cc2ccc(CC(C)C)cc2)C1. The lowest BCUT2D eigenvalue weighted by molar-refractivity contribution is -0.116. The first-order valence-corrected chi connectivity index (χ1v) is 8.60. The van der Waals surface area contributed by atoms with Crippen molar-refractivity contribution >= 4 is 5.91 Å². The fourth-order valence-electron chi connectivity index (χ4n) is 3.16. The van der Waals surface area contributed by atoms with Gasteiger partial charge >= 0.3 is 0 Å². The Hall–Kier alpha value is -1.79. The number of carbonyl (C=O) groups excluding carboxylic acids is 1. The van der Waals surface area contributed by atoms with Crippen molar-refractivity contribution in [3.8, 4) is 11.8 Å². The van der Waals surface area contributed by atoms with Gasteiger partial charge in [0.05, 0.1) is 0 Å². The van der Waals surface area contributed by atoms with E-state index in [2.05, 4.69) is 60.2 Å². The van der Waals surface area contributed by atoms with Gasteiger partial charge < -0.3 is 5.32 Å². The topological polar surface area (TPSA) is 32.3 Å². The average molecular weight is 312 g/mol. The van der Waals surface area contributed by atoms with Crippen LogP contribution in [0.1, 0.15) is 44.7 Å². The Labute approximate surface area is 140 Å². The van der Waals surface area contributed by atoms with E-state index >= 15 is 0 Å². The van der Waals surface area contributed by atoms with E-state index in [4.69, 9.17) is 0 Å². The van der Waals surface area contributed by atoms with Crippen LogP contribution in [0.2, 0.25) is 0 Å². The van der Waals surface area contributed by atoms with E-state index in [1.165, 1.54) is 11.1 Å². The van der Waals surface area contributed by atoms with Gasteiger partial charge in [0.2, 0.25) is 0 Å². The summed E-state index contributed by atoms with van der Waals surface area (Å²) in [5.41, 5.74) is 2.75. The number of carbonyl (C=O) groups is 1. The molecule has 1 aliphatic heterocycles. The highest BCUT2D eigenvalue weighted by Crippen LogP contribution is 2.15. The molecule has 1 fully saturated rings. The fraction of sp³-hybridized carbons (Fsp3) is 0.550. The minimum atomic E-state index is -0.155. The summed E-state index contributed by atoms with van der Waals surface area (Å²) in [6.07, 6.45) is 3.30. The molecule has 0 saturated carbocycles. The van der Waals surface area contributed by atoms with Crippen molar-refractivity contribution < 1.29 is 4.79 Å². The standard InChI is InChI=1S/C20H28N2O/c1-4-6-20(23)21-19-7-5-12-22(15-19)14-18-10-8-17(9-11-18)13-16(2)3/h8-11,16,19H,5,7,12-15H2,1-3H3,(H,21,23). The molecule has 1 unspecified atom stereocenters. The zero-order chi connectivity index (χ0) is 16.7. The predicted molar refractivity (Wildman–Crippen MR) is 94.9 cm³/mol. The van der Waals surface area contributed by atoms with Crippen LogP contribution >= 0.6 is 0 Å². The molecule has 0 spiro atoms. The van der Waals surface area contributed by atoms with Crippen LogP contribution in [0, 0.1) is 17.8 Å². The van der Waals surface area contributed by atoms with E-state index in [-0.39, 0.29) is 11.9 Å². The molecule has 3 nitrogen and oxygen atoms in total. The second-order valence-corrected chi connectivity index (χ2v) is 6.84. The molecule has 1 heterocycles. The largest absolute Gasteiger partial charge is 0.341 e. The predicted octanol–water partition coefficient (Wildman–Crippen LogP) is 2.99. The van der Waals surface area contributed by atoms with Gasteiger partial charge in [0.1, 0.15) is 0 Å². The summed E-state index contributed by atoms with van der Waals surface area (Å²) >= 11 is 0. The molecular formula is C20H28N2O. The van der Waals surface area contributed by atoms with Crippen LogP contribution in [0.3, 0.4) is 0 Å². The zero-order valence-corrected chi connectivity index (χ0v) is 14.6. The Bertz CT molecular complexity index is 566. The van der Waals surface area contributed by atoms with Crippen molar-refractivity contribution in [1.82, 2.24) is 10.2 Å². The molecule has 1 amide bonds. The molecule has 0 aromatic heterocycles. The monoisotopic (exact) mass is 312 g/mol. The maximum atomic E-state index is 11.6. The highest BCUT2D eigenvalue weighted by atomic mass is 16.1. The van der Waals surface area contributed by atoms with Gasteiger partial charge in [-0.1, -0.05) is 44.0 Å². The summed E-state index contributed by atoms with van der Waals surface area (Å²) in [7, 11) is 0. The number of likely N-dealkylation sites (tertiary alicyclic amines) is 1. The third-order valence-corrected chi connectivity index (χ3v) is 4.15. The van der Waals surface area contributed by atoms with Crippen LogP contribution in [0.5, 0.6) is 0 Å². The highest BCUT2D eigenvalue weighted by Gasteiger charge is 2.20. The molecular weight excluding hydrogens is 284 g/mol. The minimum Gasteiger partial charge on any atom is -0.341 e. The molecule has 3 heteroatoms. The number of benzene rings is 1. The Kier molecular flexibility index (Phi) is 6.67. The van der Waals surface area contributed by atoms with Crippen LogP contribution in [-0.2, 0) is 17.8 Å². The van der Waals surface area contributed by atoms with E-state index in [9.17, 15) is 4.79 Å². The molecule has 1 atom stereocenters. The summed E-state index contributed by atoms with van der Waals surface area (Å²) in [5.74, 6) is 5.75. The van der Waals surface area contributed by atoms with Crippen molar-refractivity contribution in [3.05, 3.63) is 35.4 Å². The Balaban J connectivity index is 1.86. The van der Waals surface area contributed by atoms with Gasteiger partial charge in [-0.25, -0.2) is 0 Å². The van der Waals surface area contributed by atoms with E-state index in [1.54, 1.807) is 6.92 Å². The van der Waals surface area contributed by atoms with Gasteiger partial charge in [-0.2, -0.15) is 0 Å². The van der Waals surface area contributed by atoms with Gasteiger partial charge in [0, 0.05) is 19.1 Å². The zero-order valence-electron chi connectivity index (χ0n) is 14.6. The van der Waals surface area contributed by atoms with Crippen molar-refractivity contribution in [2.75, 3.05) is 13.1 Å². The lowest BCUT2D eigenvalue weighted by atomic mass is 10.0. The van der Waals surface area contributed by atoms with Crippen LogP contribution in [-0.4, -0.2) is 29.9 Å². The molecule has 0 radical (unpaired) electrons. The van der Waals surface area contributed by atoms with Gasteiger partial charge in [-0.05, 0) is 55.7 Å². The van der Waals surface area contributed by atoms with Crippen molar-refractivity contribution in [1.29, 1.82) is 0 Å².